The third-order valence-electron chi connectivity index (χ3n) is 4.93. The molecule has 0 atom stereocenters. The van der Waals surface area contributed by atoms with Crippen molar-refractivity contribution in [1.82, 2.24) is 0 Å². The molecule has 2 nitrogen and oxygen atoms in total. The minimum absolute atomic E-state index is 0.398. The molecule has 0 aliphatic heterocycles. The van der Waals surface area contributed by atoms with Gasteiger partial charge in [-0.15, -0.1) is 0 Å². The maximum atomic E-state index is 10.2. The SMILES string of the molecule is CC[Si](CC)(CC)N(Cc1ccccc1O)c1ccccc1. The quantitative estimate of drug-likeness (QED) is 0.691. The van der Waals surface area contributed by atoms with Crippen LogP contribution < -0.4 is 4.57 Å². The molecule has 0 aliphatic carbocycles. The van der Waals surface area contributed by atoms with Crippen LogP contribution >= 0.6 is 0 Å². The molecule has 2 aromatic carbocycles. The minimum atomic E-state index is -1.57. The average molecular weight is 314 g/mol. The number of aromatic hydroxyl groups is 1. The number of hydrogen-bond acceptors (Lipinski definition) is 2. The Labute approximate surface area is 135 Å². The predicted octanol–water partition coefficient (Wildman–Crippen LogP) is 5.40. The Morgan fingerprint density at radius 1 is 0.818 bits per heavy atom. The van der Waals surface area contributed by atoms with Gasteiger partial charge < -0.3 is 9.67 Å². The lowest BCUT2D eigenvalue weighted by Crippen LogP contribution is -2.52. The van der Waals surface area contributed by atoms with E-state index in [2.05, 4.69) is 55.7 Å². The maximum absolute atomic E-state index is 10.2. The van der Waals surface area contributed by atoms with Gasteiger partial charge in [0.05, 0.1) is 0 Å². The first-order chi connectivity index (χ1) is 10.7. The van der Waals surface area contributed by atoms with Gasteiger partial charge in [-0.1, -0.05) is 57.2 Å². The van der Waals surface area contributed by atoms with E-state index < -0.39 is 8.24 Å². The molecular formula is C19H27NOSi. The van der Waals surface area contributed by atoms with Crippen LogP contribution in [0.5, 0.6) is 5.75 Å². The number of anilines is 1. The number of rotatable bonds is 7. The Kier molecular flexibility index (Phi) is 5.67. The van der Waals surface area contributed by atoms with E-state index in [1.807, 2.05) is 18.2 Å². The number of nitrogens with zero attached hydrogens (tertiary/aromatic N) is 1. The van der Waals surface area contributed by atoms with E-state index in [0.717, 1.165) is 12.1 Å². The summed E-state index contributed by atoms with van der Waals surface area (Å²) in [5.74, 6) is 0.398. The molecule has 0 aromatic heterocycles. The van der Waals surface area contributed by atoms with E-state index in [1.54, 1.807) is 6.07 Å². The molecule has 0 bridgehead atoms. The Hall–Kier alpha value is -1.74. The predicted molar refractivity (Wildman–Crippen MR) is 97.9 cm³/mol. The lowest BCUT2D eigenvalue weighted by Gasteiger charge is -2.43. The van der Waals surface area contributed by atoms with Crippen LogP contribution in [0.4, 0.5) is 5.69 Å². The van der Waals surface area contributed by atoms with Crippen LogP contribution in [0.2, 0.25) is 18.1 Å². The summed E-state index contributed by atoms with van der Waals surface area (Å²) in [6.45, 7) is 7.75. The summed E-state index contributed by atoms with van der Waals surface area (Å²) < 4.78 is 2.60. The summed E-state index contributed by atoms with van der Waals surface area (Å²) in [5.41, 5.74) is 2.29. The number of para-hydroxylation sites is 2. The third kappa shape index (κ3) is 3.35. The van der Waals surface area contributed by atoms with Gasteiger partial charge in [0.15, 0.2) is 8.24 Å². The second-order valence-electron chi connectivity index (χ2n) is 5.84. The molecule has 22 heavy (non-hydrogen) atoms. The van der Waals surface area contributed by atoms with Crippen LogP contribution in [0.25, 0.3) is 0 Å². The molecule has 1 N–H and O–H groups in total. The zero-order valence-electron chi connectivity index (χ0n) is 13.9. The van der Waals surface area contributed by atoms with E-state index in [9.17, 15) is 5.11 Å². The second-order valence-corrected chi connectivity index (χ2v) is 10.9. The zero-order chi connectivity index (χ0) is 16.0. The molecule has 0 heterocycles. The van der Waals surface area contributed by atoms with E-state index in [4.69, 9.17) is 0 Å². The van der Waals surface area contributed by atoms with Gasteiger partial charge in [-0.25, -0.2) is 0 Å². The van der Waals surface area contributed by atoms with E-state index >= 15 is 0 Å². The zero-order valence-corrected chi connectivity index (χ0v) is 14.9. The molecular weight excluding hydrogens is 286 g/mol. The van der Waals surface area contributed by atoms with E-state index in [0.29, 0.717) is 5.75 Å². The van der Waals surface area contributed by atoms with Gasteiger partial charge in [0.2, 0.25) is 0 Å². The molecule has 2 aromatic rings. The standard InChI is InChI=1S/C19H27NOSi/c1-4-22(5-2,6-3)20(18-13-8-7-9-14-18)16-17-12-10-11-15-19(17)21/h7-15,21H,4-6,16H2,1-3H3. The summed E-state index contributed by atoms with van der Waals surface area (Å²) in [4.78, 5) is 0. The Balaban J connectivity index is 2.44. The molecule has 0 amide bonds. The fourth-order valence-corrected chi connectivity index (χ4v) is 7.13. The van der Waals surface area contributed by atoms with Crippen LogP contribution in [0.15, 0.2) is 54.6 Å². The fraction of sp³-hybridized carbons (Fsp3) is 0.368. The third-order valence-corrected chi connectivity index (χ3v) is 10.4. The molecule has 2 rings (SSSR count). The molecule has 0 saturated carbocycles. The molecule has 118 valence electrons. The smallest absolute Gasteiger partial charge is 0.156 e. The Bertz CT molecular complexity index is 573. The number of phenols is 1. The van der Waals surface area contributed by atoms with E-state index in [1.165, 1.54) is 23.8 Å². The highest BCUT2D eigenvalue weighted by Crippen LogP contribution is 2.33. The summed E-state index contributed by atoms with van der Waals surface area (Å²) in [5, 5.41) is 10.2. The van der Waals surface area contributed by atoms with Gasteiger partial charge in [0.25, 0.3) is 0 Å². The topological polar surface area (TPSA) is 23.5 Å². The van der Waals surface area contributed by atoms with Crippen molar-refractivity contribution < 1.29 is 5.11 Å². The van der Waals surface area contributed by atoms with Crippen molar-refractivity contribution in [2.24, 2.45) is 0 Å². The van der Waals surface area contributed by atoms with Crippen molar-refractivity contribution in [2.45, 2.75) is 45.4 Å². The molecule has 0 fully saturated rings. The van der Waals surface area contributed by atoms with Crippen LogP contribution in [0.1, 0.15) is 26.3 Å². The summed E-state index contributed by atoms with van der Waals surface area (Å²) >= 11 is 0. The van der Waals surface area contributed by atoms with Crippen LogP contribution in [-0.2, 0) is 6.54 Å². The maximum Gasteiger partial charge on any atom is 0.156 e. The van der Waals surface area contributed by atoms with Gasteiger partial charge in [-0.3, -0.25) is 0 Å². The highest BCUT2D eigenvalue weighted by Gasteiger charge is 2.35. The highest BCUT2D eigenvalue weighted by atomic mass is 28.3. The normalized spacial score (nSPS) is 11.4. The lowest BCUT2D eigenvalue weighted by molar-refractivity contribution is 0.468. The molecule has 0 radical (unpaired) electrons. The van der Waals surface area contributed by atoms with E-state index in [-0.39, 0.29) is 0 Å². The summed E-state index contributed by atoms with van der Waals surface area (Å²) in [6.07, 6.45) is 0. The van der Waals surface area contributed by atoms with Crippen molar-refractivity contribution in [3.05, 3.63) is 60.2 Å². The highest BCUT2D eigenvalue weighted by molar-refractivity contribution is 6.83. The number of phenolic OH excluding ortho intramolecular Hbond substituents is 1. The van der Waals surface area contributed by atoms with Crippen molar-refractivity contribution in [2.75, 3.05) is 4.57 Å². The molecule has 0 spiro atoms. The number of benzene rings is 2. The van der Waals surface area contributed by atoms with Crippen LogP contribution in [-0.4, -0.2) is 13.3 Å². The molecule has 3 heteroatoms. The van der Waals surface area contributed by atoms with Gasteiger partial charge in [0, 0.05) is 17.8 Å². The fourth-order valence-electron chi connectivity index (χ4n) is 3.28. The van der Waals surface area contributed by atoms with Gasteiger partial charge in [-0.2, -0.15) is 0 Å². The van der Waals surface area contributed by atoms with Gasteiger partial charge in [-0.05, 0) is 36.3 Å². The second kappa shape index (κ2) is 7.50. The van der Waals surface area contributed by atoms with Crippen molar-refractivity contribution in [1.29, 1.82) is 0 Å². The van der Waals surface area contributed by atoms with Crippen molar-refractivity contribution in [3.8, 4) is 5.75 Å². The largest absolute Gasteiger partial charge is 0.508 e. The van der Waals surface area contributed by atoms with Gasteiger partial charge >= 0.3 is 0 Å². The van der Waals surface area contributed by atoms with Gasteiger partial charge in [0.1, 0.15) is 5.75 Å². The average Bonchev–Trinajstić information content (AvgIpc) is 2.58. The molecule has 0 unspecified atom stereocenters. The van der Waals surface area contributed by atoms with Crippen LogP contribution in [0, 0.1) is 0 Å². The summed E-state index contributed by atoms with van der Waals surface area (Å²) in [7, 11) is -1.57. The van der Waals surface area contributed by atoms with Crippen LogP contribution in [0.3, 0.4) is 0 Å². The minimum Gasteiger partial charge on any atom is -0.508 e. The lowest BCUT2D eigenvalue weighted by atomic mass is 10.2. The number of hydrogen-bond donors (Lipinski definition) is 1. The first kappa shape index (κ1) is 16.6. The first-order valence-electron chi connectivity index (χ1n) is 8.26. The van der Waals surface area contributed by atoms with Crippen molar-refractivity contribution in [3.63, 3.8) is 0 Å². The Morgan fingerprint density at radius 2 is 1.36 bits per heavy atom. The monoisotopic (exact) mass is 313 g/mol. The first-order valence-corrected chi connectivity index (χ1v) is 10.8. The molecule has 0 aliphatic rings. The summed E-state index contributed by atoms with van der Waals surface area (Å²) in [6, 6.07) is 22.0. The Morgan fingerprint density at radius 3 is 1.91 bits per heavy atom. The molecule has 0 saturated heterocycles. The van der Waals surface area contributed by atoms with Crippen molar-refractivity contribution >= 4 is 13.9 Å².